The lowest BCUT2D eigenvalue weighted by molar-refractivity contribution is 0.112. The van der Waals surface area contributed by atoms with Crippen LogP contribution in [0.15, 0.2) is 36.4 Å². The summed E-state index contributed by atoms with van der Waals surface area (Å²) in [6.07, 6.45) is -1.96. The van der Waals surface area contributed by atoms with Crippen LogP contribution in [0.1, 0.15) is 9.67 Å². The van der Waals surface area contributed by atoms with Crippen molar-refractivity contribution >= 4 is 46.2 Å². The van der Waals surface area contributed by atoms with Crippen molar-refractivity contribution < 1.29 is 24.6 Å². The Kier molecular flexibility index (Phi) is 4.19. The molecule has 1 aromatic heterocycles. The number of hydrogen-bond donors (Lipinski definition) is 3. The Labute approximate surface area is 123 Å². The summed E-state index contributed by atoms with van der Waals surface area (Å²) in [6.45, 7) is 0. The van der Waals surface area contributed by atoms with Gasteiger partial charge in [-0.25, -0.2) is 14.5 Å². The molecule has 3 N–H and O–H groups in total. The average molecular weight is 306 g/mol. The first kappa shape index (κ1) is 14.5. The van der Waals surface area contributed by atoms with E-state index < -0.39 is 12.2 Å². The van der Waals surface area contributed by atoms with E-state index in [0.717, 1.165) is 16.2 Å². The molecule has 108 valence electrons. The highest BCUT2D eigenvalue weighted by Gasteiger charge is 2.22. The second-order valence-corrected chi connectivity index (χ2v) is 4.95. The second-order valence-electron chi connectivity index (χ2n) is 3.86. The zero-order chi connectivity index (χ0) is 15.4. The Morgan fingerprint density at radius 1 is 1.14 bits per heavy atom. The molecule has 0 unspecified atom stereocenters. The quantitative estimate of drug-likeness (QED) is 0.750. The van der Waals surface area contributed by atoms with Crippen LogP contribution >= 0.6 is 11.3 Å². The summed E-state index contributed by atoms with van der Waals surface area (Å²) in [5.74, 6) is 0. The van der Waals surface area contributed by atoms with Gasteiger partial charge in [0.25, 0.3) is 0 Å². The van der Waals surface area contributed by atoms with E-state index >= 15 is 0 Å². The molecule has 21 heavy (non-hydrogen) atoms. The maximum absolute atomic E-state index is 11.5. The first-order chi connectivity index (χ1) is 10.0. The smallest absolute Gasteiger partial charge is 0.417 e. The maximum Gasteiger partial charge on any atom is 0.417 e. The first-order valence-electron chi connectivity index (χ1n) is 5.70. The highest BCUT2D eigenvalue weighted by atomic mass is 32.1. The number of carbonyl (C=O) groups is 3. The average Bonchev–Trinajstić information content (AvgIpc) is 2.88. The molecule has 0 spiro atoms. The monoisotopic (exact) mass is 306 g/mol. The minimum absolute atomic E-state index is 0.133. The van der Waals surface area contributed by atoms with Gasteiger partial charge in [0.2, 0.25) is 0 Å². The van der Waals surface area contributed by atoms with E-state index in [1.54, 1.807) is 12.1 Å². The molecular formula is C13H10N2O5S. The van der Waals surface area contributed by atoms with E-state index in [2.05, 4.69) is 5.32 Å². The standard InChI is InChI=1S/C13H10N2O5S/c16-7-8-5-6-11(21-8)15(13(19)20)10-4-2-1-3-9(10)14-12(17)18/h1-7,14H,(H,17,18)(H,19,20). The van der Waals surface area contributed by atoms with Crippen molar-refractivity contribution in [1.29, 1.82) is 0 Å². The molecule has 0 aliphatic heterocycles. The van der Waals surface area contributed by atoms with Crippen LogP contribution in [-0.4, -0.2) is 28.7 Å². The number of rotatable bonds is 4. The lowest BCUT2D eigenvalue weighted by atomic mass is 10.2. The van der Waals surface area contributed by atoms with Gasteiger partial charge in [-0.05, 0) is 24.3 Å². The number of para-hydroxylation sites is 2. The van der Waals surface area contributed by atoms with Gasteiger partial charge in [-0.15, -0.1) is 11.3 Å². The molecule has 2 aromatic rings. The van der Waals surface area contributed by atoms with Crippen LogP contribution in [0, 0.1) is 0 Å². The predicted molar refractivity (Wildman–Crippen MR) is 78.0 cm³/mol. The number of carboxylic acid groups (broad SMARTS) is 2. The van der Waals surface area contributed by atoms with Crippen molar-refractivity contribution in [2.45, 2.75) is 0 Å². The van der Waals surface area contributed by atoms with E-state index in [1.165, 1.54) is 24.3 Å². The third-order valence-corrected chi connectivity index (χ3v) is 3.52. The Bertz CT molecular complexity index is 697. The van der Waals surface area contributed by atoms with Crippen molar-refractivity contribution in [3.05, 3.63) is 41.3 Å². The van der Waals surface area contributed by atoms with Gasteiger partial charge in [0, 0.05) is 0 Å². The highest BCUT2D eigenvalue weighted by molar-refractivity contribution is 7.17. The summed E-state index contributed by atoms with van der Waals surface area (Å²) < 4.78 is 0. The molecule has 0 bridgehead atoms. The lowest BCUT2D eigenvalue weighted by Crippen LogP contribution is -2.24. The third-order valence-electron chi connectivity index (χ3n) is 2.53. The van der Waals surface area contributed by atoms with Crippen molar-refractivity contribution in [3.63, 3.8) is 0 Å². The molecule has 0 saturated heterocycles. The molecule has 2 rings (SSSR count). The van der Waals surface area contributed by atoms with Crippen LogP contribution < -0.4 is 10.2 Å². The number of hydrogen-bond acceptors (Lipinski definition) is 4. The molecule has 8 heteroatoms. The number of thiophene rings is 1. The van der Waals surface area contributed by atoms with Gasteiger partial charge in [0.05, 0.1) is 16.3 Å². The van der Waals surface area contributed by atoms with Crippen molar-refractivity contribution in [2.75, 3.05) is 10.2 Å². The minimum atomic E-state index is -1.30. The lowest BCUT2D eigenvalue weighted by Gasteiger charge is -2.20. The minimum Gasteiger partial charge on any atom is -0.465 e. The fourth-order valence-electron chi connectivity index (χ4n) is 1.73. The molecule has 0 fully saturated rings. The number of anilines is 3. The number of aldehydes is 1. The van der Waals surface area contributed by atoms with Crippen molar-refractivity contribution in [3.8, 4) is 0 Å². The highest BCUT2D eigenvalue weighted by Crippen LogP contribution is 2.36. The summed E-state index contributed by atoms with van der Waals surface area (Å²) in [6, 6.07) is 9.08. The summed E-state index contributed by atoms with van der Waals surface area (Å²) in [5, 5.41) is 20.6. The molecule has 0 aliphatic rings. The molecule has 1 heterocycles. The SMILES string of the molecule is O=Cc1ccc(N(C(=O)O)c2ccccc2NC(=O)O)s1. The van der Waals surface area contributed by atoms with Crippen LogP contribution in [0.4, 0.5) is 26.0 Å². The van der Waals surface area contributed by atoms with Gasteiger partial charge in [-0.2, -0.15) is 0 Å². The number of benzene rings is 1. The fraction of sp³-hybridized carbons (Fsp3) is 0. The van der Waals surface area contributed by atoms with Gasteiger partial charge < -0.3 is 10.2 Å². The Morgan fingerprint density at radius 3 is 2.43 bits per heavy atom. The van der Waals surface area contributed by atoms with Crippen LogP contribution in [0.5, 0.6) is 0 Å². The maximum atomic E-state index is 11.5. The predicted octanol–water partition coefficient (Wildman–Crippen LogP) is 3.47. The van der Waals surface area contributed by atoms with E-state index in [-0.39, 0.29) is 11.4 Å². The van der Waals surface area contributed by atoms with Gasteiger partial charge in [0.1, 0.15) is 5.00 Å². The molecule has 7 nitrogen and oxygen atoms in total. The van der Waals surface area contributed by atoms with Gasteiger partial charge in [-0.1, -0.05) is 12.1 Å². The molecule has 1 aromatic carbocycles. The topological polar surface area (TPSA) is 107 Å². The number of nitrogens with one attached hydrogen (secondary N) is 1. The zero-order valence-corrected chi connectivity index (χ0v) is 11.3. The molecular weight excluding hydrogens is 296 g/mol. The summed E-state index contributed by atoms with van der Waals surface area (Å²) in [5.41, 5.74) is 0.292. The molecule has 0 aliphatic carbocycles. The Morgan fingerprint density at radius 2 is 1.86 bits per heavy atom. The Balaban J connectivity index is 2.50. The third kappa shape index (κ3) is 3.18. The van der Waals surface area contributed by atoms with Crippen LogP contribution in [0.3, 0.4) is 0 Å². The summed E-state index contributed by atoms with van der Waals surface area (Å²) >= 11 is 0.994. The van der Waals surface area contributed by atoms with Crippen LogP contribution in [-0.2, 0) is 0 Å². The molecule has 0 saturated carbocycles. The van der Waals surface area contributed by atoms with E-state index in [9.17, 15) is 19.5 Å². The fourth-order valence-corrected chi connectivity index (χ4v) is 2.56. The molecule has 0 atom stereocenters. The zero-order valence-electron chi connectivity index (χ0n) is 10.5. The Hall–Kier alpha value is -2.87. The number of amides is 2. The normalized spacial score (nSPS) is 9.90. The van der Waals surface area contributed by atoms with Gasteiger partial charge in [0.15, 0.2) is 6.29 Å². The van der Waals surface area contributed by atoms with E-state index in [0.29, 0.717) is 16.2 Å². The van der Waals surface area contributed by atoms with Gasteiger partial charge in [-0.3, -0.25) is 10.1 Å². The van der Waals surface area contributed by atoms with Crippen molar-refractivity contribution in [2.24, 2.45) is 0 Å². The van der Waals surface area contributed by atoms with E-state index in [4.69, 9.17) is 5.11 Å². The second kappa shape index (κ2) is 6.06. The van der Waals surface area contributed by atoms with Crippen molar-refractivity contribution in [1.82, 2.24) is 0 Å². The van der Waals surface area contributed by atoms with Crippen LogP contribution in [0.2, 0.25) is 0 Å². The molecule has 0 radical (unpaired) electrons. The summed E-state index contributed by atoms with van der Waals surface area (Å²) in [7, 11) is 0. The van der Waals surface area contributed by atoms with E-state index in [1.807, 2.05) is 0 Å². The largest absolute Gasteiger partial charge is 0.465 e. The molecule has 2 amide bonds. The summed E-state index contributed by atoms with van der Waals surface area (Å²) in [4.78, 5) is 34.3. The van der Waals surface area contributed by atoms with Gasteiger partial charge >= 0.3 is 12.2 Å². The first-order valence-corrected chi connectivity index (χ1v) is 6.51. The van der Waals surface area contributed by atoms with Crippen LogP contribution in [0.25, 0.3) is 0 Å². The number of carbonyl (C=O) groups excluding carboxylic acids is 1. The number of nitrogens with zero attached hydrogens (tertiary/aromatic N) is 1.